The lowest BCUT2D eigenvalue weighted by Gasteiger charge is -2.45. The zero-order chi connectivity index (χ0) is 24.3. The van der Waals surface area contributed by atoms with Crippen molar-refractivity contribution in [3.63, 3.8) is 0 Å². The van der Waals surface area contributed by atoms with Crippen LogP contribution in [0.4, 0.5) is 10.2 Å². The predicted octanol–water partition coefficient (Wildman–Crippen LogP) is 2.64. The zero-order valence-corrected chi connectivity index (χ0v) is 19.7. The van der Waals surface area contributed by atoms with E-state index in [-0.39, 0.29) is 33.9 Å². The van der Waals surface area contributed by atoms with Gasteiger partial charge in [-0.25, -0.2) is 14.2 Å². The Labute approximate surface area is 196 Å². The Balaban J connectivity index is 1.38. The average molecular weight is 466 g/mol. The van der Waals surface area contributed by atoms with Gasteiger partial charge in [-0.15, -0.1) is 10.2 Å². The Morgan fingerprint density at radius 3 is 2.53 bits per heavy atom. The highest BCUT2D eigenvalue weighted by Crippen LogP contribution is 2.43. The molecule has 2 fully saturated rings. The minimum absolute atomic E-state index is 0.126. The number of rotatable bonds is 4. The van der Waals surface area contributed by atoms with Crippen molar-refractivity contribution in [1.82, 2.24) is 30.0 Å². The Kier molecular flexibility index (Phi) is 5.16. The molecule has 2 aromatic heterocycles. The van der Waals surface area contributed by atoms with Crippen molar-refractivity contribution in [2.45, 2.75) is 56.7 Å². The summed E-state index contributed by atoms with van der Waals surface area (Å²) in [5.41, 5.74) is 0.198. The maximum absolute atomic E-state index is 14.3. The quantitative estimate of drug-likeness (QED) is 0.605. The number of aromatic hydroxyl groups is 1. The summed E-state index contributed by atoms with van der Waals surface area (Å²) in [5.74, 6) is 0.111. The van der Waals surface area contributed by atoms with Crippen LogP contribution in [-0.4, -0.2) is 54.0 Å². The van der Waals surface area contributed by atoms with Gasteiger partial charge in [0.05, 0.1) is 11.8 Å². The maximum Gasteiger partial charge on any atom is 0.348 e. The van der Waals surface area contributed by atoms with Crippen molar-refractivity contribution < 1.29 is 9.50 Å². The molecule has 2 aliphatic rings. The monoisotopic (exact) mass is 465 g/mol. The number of fused-ring (bicyclic) bond motifs is 2. The molecular weight excluding hydrogens is 437 g/mol. The molecule has 0 unspecified atom stereocenters. The molecule has 0 saturated carbocycles. The Hall–Kier alpha value is -3.40. The number of phenolic OH excluding ortho intramolecular Hbond substituents is 1. The van der Waals surface area contributed by atoms with E-state index in [0.717, 1.165) is 23.6 Å². The number of hydrogen-bond donors (Lipinski definition) is 2. The van der Waals surface area contributed by atoms with Crippen LogP contribution in [0, 0.1) is 5.82 Å². The first-order chi connectivity index (χ1) is 16.1. The largest absolute Gasteiger partial charge is 0.507 e. The number of piperidine rings is 1. The van der Waals surface area contributed by atoms with E-state index < -0.39 is 11.5 Å². The van der Waals surface area contributed by atoms with Gasteiger partial charge in [-0.05, 0) is 51.7 Å². The van der Waals surface area contributed by atoms with Gasteiger partial charge >= 0.3 is 5.69 Å². The van der Waals surface area contributed by atoms with E-state index in [0.29, 0.717) is 17.4 Å². The van der Waals surface area contributed by atoms with Crippen molar-refractivity contribution in [1.29, 1.82) is 0 Å². The van der Waals surface area contributed by atoms with Crippen LogP contribution in [0.3, 0.4) is 0 Å². The van der Waals surface area contributed by atoms with E-state index in [1.165, 1.54) is 26.0 Å². The third kappa shape index (κ3) is 3.91. The first-order valence-electron chi connectivity index (χ1n) is 11.3. The topological polar surface area (TPSA) is 109 Å². The van der Waals surface area contributed by atoms with Crippen LogP contribution in [0.1, 0.15) is 39.5 Å². The lowest BCUT2D eigenvalue weighted by atomic mass is 9.84. The van der Waals surface area contributed by atoms with E-state index in [1.807, 2.05) is 7.05 Å². The molecular formula is C24H28FN7O2. The van der Waals surface area contributed by atoms with Crippen molar-refractivity contribution in [2.24, 2.45) is 7.05 Å². The summed E-state index contributed by atoms with van der Waals surface area (Å²) in [6.45, 7) is 4.57. The minimum Gasteiger partial charge on any atom is -0.507 e. The molecule has 4 heterocycles. The highest BCUT2D eigenvalue weighted by molar-refractivity contribution is 5.71. The van der Waals surface area contributed by atoms with Gasteiger partial charge in [0.25, 0.3) is 0 Å². The molecule has 0 aliphatic carbocycles. The van der Waals surface area contributed by atoms with Crippen molar-refractivity contribution >= 4 is 5.82 Å². The molecule has 0 radical (unpaired) electrons. The van der Waals surface area contributed by atoms with Crippen LogP contribution in [0.5, 0.6) is 5.75 Å². The lowest BCUT2D eigenvalue weighted by Crippen LogP contribution is -2.58. The maximum atomic E-state index is 14.3. The smallest absolute Gasteiger partial charge is 0.348 e. The summed E-state index contributed by atoms with van der Waals surface area (Å²) in [7, 11) is 3.44. The van der Waals surface area contributed by atoms with Gasteiger partial charge in [-0.2, -0.15) is 4.98 Å². The van der Waals surface area contributed by atoms with Crippen LogP contribution < -0.4 is 15.9 Å². The van der Waals surface area contributed by atoms with Crippen molar-refractivity contribution in [3.05, 3.63) is 46.9 Å². The van der Waals surface area contributed by atoms with Gasteiger partial charge in [0.1, 0.15) is 11.4 Å². The molecule has 0 spiro atoms. The summed E-state index contributed by atoms with van der Waals surface area (Å²) in [4.78, 5) is 22.1. The fraction of sp³-hybridized carbons (Fsp3) is 0.458. The zero-order valence-electron chi connectivity index (χ0n) is 19.7. The second-order valence-electron chi connectivity index (χ2n) is 10.1. The molecule has 10 heteroatoms. The van der Waals surface area contributed by atoms with E-state index in [2.05, 4.69) is 44.2 Å². The number of hydrogen-bond acceptors (Lipinski definition) is 8. The lowest BCUT2D eigenvalue weighted by molar-refractivity contribution is 0.207. The van der Waals surface area contributed by atoms with E-state index in [1.54, 1.807) is 18.3 Å². The van der Waals surface area contributed by atoms with Crippen LogP contribution >= 0.6 is 0 Å². The van der Waals surface area contributed by atoms with E-state index >= 15 is 0 Å². The molecule has 34 heavy (non-hydrogen) atoms. The average Bonchev–Trinajstić information content (AvgIpc) is 3.02. The third-order valence-corrected chi connectivity index (χ3v) is 7.22. The fourth-order valence-corrected chi connectivity index (χ4v) is 5.42. The molecule has 1 aromatic carbocycles. The third-order valence-electron chi connectivity index (χ3n) is 7.22. The van der Waals surface area contributed by atoms with Gasteiger partial charge in [0.2, 0.25) is 0 Å². The molecule has 2 saturated heterocycles. The summed E-state index contributed by atoms with van der Waals surface area (Å²) in [5, 5.41) is 23.0. The van der Waals surface area contributed by atoms with Crippen LogP contribution in [-0.2, 0) is 7.05 Å². The van der Waals surface area contributed by atoms with E-state index in [9.17, 15) is 14.3 Å². The Bertz CT molecular complexity index is 1290. The van der Waals surface area contributed by atoms with E-state index in [4.69, 9.17) is 0 Å². The first-order valence-corrected chi connectivity index (χ1v) is 11.3. The molecule has 2 N–H and O–H groups in total. The normalized spacial score (nSPS) is 26.0. The highest BCUT2D eigenvalue weighted by Gasteiger charge is 2.49. The number of nitrogens with one attached hydrogen (secondary N) is 1. The standard InChI is InChI=1S/C24H28FN7O2/c1-23-7-8-24(2,30-23)11-15(10-23)32(4)19-12-26-21(29-28-19)16-6-5-14(9-18(16)33)20-17(25)13-31(3)22(34)27-20/h5-6,9,12-13,15,30,33H,7-8,10-11H2,1-4H3/t15-,23-,24+. The molecule has 2 aliphatic heterocycles. The second-order valence-corrected chi connectivity index (χ2v) is 10.1. The number of phenols is 1. The summed E-state index contributed by atoms with van der Waals surface area (Å²) >= 11 is 0. The number of benzene rings is 1. The molecule has 2 bridgehead atoms. The number of anilines is 1. The summed E-state index contributed by atoms with van der Waals surface area (Å²) < 4.78 is 15.4. The summed E-state index contributed by atoms with van der Waals surface area (Å²) in [6, 6.07) is 4.80. The van der Waals surface area contributed by atoms with Gasteiger partial charge in [-0.3, -0.25) is 4.57 Å². The van der Waals surface area contributed by atoms with Crippen LogP contribution in [0.15, 0.2) is 35.4 Å². The van der Waals surface area contributed by atoms with Crippen LogP contribution in [0.25, 0.3) is 22.6 Å². The molecule has 5 rings (SSSR count). The predicted molar refractivity (Wildman–Crippen MR) is 126 cm³/mol. The number of halogens is 1. The number of aromatic nitrogens is 5. The van der Waals surface area contributed by atoms with Crippen molar-refractivity contribution in [3.8, 4) is 28.4 Å². The Morgan fingerprint density at radius 1 is 1.21 bits per heavy atom. The van der Waals surface area contributed by atoms with Gasteiger partial charge < -0.3 is 15.3 Å². The van der Waals surface area contributed by atoms with Crippen LogP contribution in [0.2, 0.25) is 0 Å². The molecule has 178 valence electrons. The second kappa shape index (κ2) is 7.83. The number of nitrogens with zero attached hydrogens (tertiary/aromatic N) is 6. The molecule has 0 amide bonds. The molecule has 3 atom stereocenters. The highest BCUT2D eigenvalue weighted by atomic mass is 19.1. The van der Waals surface area contributed by atoms with Crippen molar-refractivity contribution in [2.75, 3.05) is 11.9 Å². The van der Waals surface area contributed by atoms with Gasteiger partial charge in [0, 0.05) is 43.0 Å². The molecule has 9 nitrogen and oxygen atoms in total. The van der Waals surface area contributed by atoms with Gasteiger partial charge in [0.15, 0.2) is 17.5 Å². The fourth-order valence-electron chi connectivity index (χ4n) is 5.42. The van der Waals surface area contributed by atoms with Gasteiger partial charge in [-0.1, -0.05) is 6.07 Å². The first kappa shape index (κ1) is 22.4. The Morgan fingerprint density at radius 2 is 1.91 bits per heavy atom. The number of aryl methyl sites for hydroxylation is 1. The molecule has 3 aromatic rings. The minimum atomic E-state index is -0.659. The SMILES string of the molecule is CN(c1cnc(-c2ccc(-c3nc(=O)n(C)cc3F)cc2O)nn1)[C@H]1C[C@]2(C)CC[C@](C)(C1)N2. The summed E-state index contributed by atoms with van der Waals surface area (Å²) in [6.07, 6.45) is 7.11.